The van der Waals surface area contributed by atoms with Crippen LogP contribution in [0.1, 0.15) is 24.5 Å². The quantitative estimate of drug-likeness (QED) is 0.713. The Kier molecular flexibility index (Phi) is 2.62. The fourth-order valence-corrected chi connectivity index (χ4v) is 2.07. The lowest BCUT2D eigenvalue weighted by Gasteiger charge is -2.10. The minimum atomic E-state index is 0.126. The van der Waals surface area contributed by atoms with Crippen LogP contribution in [-0.4, -0.2) is 11.9 Å². The molecule has 0 saturated heterocycles. The van der Waals surface area contributed by atoms with Gasteiger partial charge in [0.1, 0.15) is 0 Å². The van der Waals surface area contributed by atoms with Crippen LogP contribution in [-0.2, 0) is 17.6 Å². The highest BCUT2D eigenvalue weighted by molar-refractivity contribution is 5.76. The second-order valence-corrected chi connectivity index (χ2v) is 4.05. The highest BCUT2D eigenvalue weighted by atomic mass is 16.1. The van der Waals surface area contributed by atoms with Crippen molar-refractivity contribution in [2.75, 3.05) is 5.73 Å². The molecular formula is C12H16N2O. The van der Waals surface area contributed by atoms with E-state index in [4.69, 9.17) is 5.73 Å². The Morgan fingerprint density at radius 1 is 1.47 bits per heavy atom. The molecule has 2 rings (SSSR count). The zero-order valence-corrected chi connectivity index (χ0v) is 8.92. The number of carbonyl (C=O) groups excluding carboxylic acids is 1. The van der Waals surface area contributed by atoms with Gasteiger partial charge in [0.2, 0.25) is 5.91 Å². The lowest BCUT2D eigenvalue weighted by Crippen LogP contribution is -2.34. The third-order valence-corrected chi connectivity index (χ3v) is 2.85. The zero-order valence-electron chi connectivity index (χ0n) is 8.92. The Labute approximate surface area is 89.7 Å². The molecule has 0 radical (unpaired) electrons. The van der Waals surface area contributed by atoms with Crippen molar-refractivity contribution in [2.24, 2.45) is 0 Å². The number of hydrogen-bond donors (Lipinski definition) is 2. The lowest BCUT2D eigenvalue weighted by atomic mass is 10.1. The van der Waals surface area contributed by atoms with E-state index in [1.165, 1.54) is 11.1 Å². The van der Waals surface area contributed by atoms with Crippen LogP contribution in [0.4, 0.5) is 5.69 Å². The monoisotopic (exact) mass is 204 g/mol. The van der Waals surface area contributed by atoms with Gasteiger partial charge in [-0.15, -0.1) is 0 Å². The van der Waals surface area contributed by atoms with Crippen LogP contribution in [0.2, 0.25) is 0 Å². The van der Waals surface area contributed by atoms with Crippen molar-refractivity contribution in [3.63, 3.8) is 0 Å². The third-order valence-electron chi connectivity index (χ3n) is 2.85. The van der Waals surface area contributed by atoms with Crippen molar-refractivity contribution in [3.05, 3.63) is 29.3 Å². The Balaban J connectivity index is 2.06. The molecule has 3 N–H and O–H groups in total. The SMILES string of the molecule is CCC(=O)NC1Cc2ccc(N)cc2C1. The molecule has 1 aromatic rings. The molecular weight excluding hydrogens is 188 g/mol. The number of amides is 1. The molecule has 1 atom stereocenters. The third kappa shape index (κ3) is 2.12. The molecule has 1 aromatic carbocycles. The highest BCUT2D eigenvalue weighted by Gasteiger charge is 2.22. The first kappa shape index (κ1) is 10.0. The van der Waals surface area contributed by atoms with E-state index in [2.05, 4.69) is 11.4 Å². The Bertz CT molecular complexity index is 387. The number of hydrogen-bond acceptors (Lipinski definition) is 2. The summed E-state index contributed by atoms with van der Waals surface area (Å²) in [5, 5.41) is 3.02. The van der Waals surface area contributed by atoms with E-state index in [1.54, 1.807) is 0 Å². The highest BCUT2D eigenvalue weighted by Crippen LogP contribution is 2.24. The van der Waals surface area contributed by atoms with Gasteiger partial charge in [-0.25, -0.2) is 0 Å². The largest absolute Gasteiger partial charge is 0.399 e. The average Bonchev–Trinajstić information content (AvgIpc) is 2.59. The molecule has 0 aromatic heterocycles. The van der Waals surface area contributed by atoms with Crippen LogP contribution in [0, 0.1) is 0 Å². The molecule has 1 aliphatic rings. The topological polar surface area (TPSA) is 55.1 Å². The van der Waals surface area contributed by atoms with Gasteiger partial charge in [0, 0.05) is 18.2 Å². The predicted molar refractivity (Wildman–Crippen MR) is 60.5 cm³/mol. The summed E-state index contributed by atoms with van der Waals surface area (Å²) in [6.45, 7) is 1.87. The molecule has 0 spiro atoms. The van der Waals surface area contributed by atoms with E-state index in [0.717, 1.165) is 18.5 Å². The van der Waals surface area contributed by atoms with Gasteiger partial charge in [-0.2, -0.15) is 0 Å². The summed E-state index contributed by atoms with van der Waals surface area (Å²) in [6.07, 6.45) is 2.39. The summed E-state index contributed by atoms with van der Waals surface area (Å²) in [5.74, 6) is 0.126. The summed E-state index contributed by atoms with van der Waals surface area (Å²) >= 11 is 0. The molecule has 15 heavy (non-hydrogen) atoms. The van der Waals surface area contributed by atoms with Gasteiger partial charge in [-0.1, -0.05) is 13.0 Å². The van der Waals surface area contributed by atoms with Crippen LogP contribution in [0.15, 0.2) is 18.2 Å². The number of nitrogens with one attached hydrogen (secondary N) is 1. The summed E-state index contributed by atoms with van der Waals surface area (Å²) in [7, 11) is 0. The van der Waals surface area contributed by atoms with Gasteiger partial charge >= 0.3 is 0 Å². The summed E-state index contributed by atoms with van der Waals surface area (Å²) in [6, 6.07) is 6.24. The molecule has 1 amide bonds. The lowest BCUT2D eigenvalue weighted by molar-refractivity contribution is -0.121. The van der Waals surface area contributed by atoms with Gasteiger partial charge < -0.3 is 11.1 Å². The van der Waals surface area contributed by atoms with Crippen molar-refractivity contribution in [2.45, 2.75) is 32.2 Å². The fraction of sp³-hybridized carbons (Fsp3) is 0.417. The van der Waals surface area contributed by atoms with E-state index >= 15 is 0 Å². The second-order valence-electron chi connectivity index (χ2n) is 4.05. The minimum Gasteiger partial charge on any atom is -0.399 e. The molecule has 0 aliphatic heterocycles. The number of nitrogen functional groups attached to an aromatic ring is 1. The van der Waals surface area contributed by atoms with Crippen molar-refractivity contribution >= 4 is 11.6 Å². The molecule has 3 heteroatoms. The Hall–Kier alpha value is -1.51. The molecule has 0 heterocycles. The molecule has 1 aliphatic carbocycles. The average molecular weight is 204 g/mol. The molecule has 3 nitrogen and oxygen atoms in total. The maximum atomic E-state index is 11.2. The van der Waals surface area contributed by atoms with Gasteiger partial charge in [0.05, 0.1) is 0 Å². The van der Waals surface area contributed by atoms with E-state index in [9.17, 15) is 4.79 Å². The van der Waals surface area contributed by atoms with E-state index in [0.29, 0.717) is 6.42 Å². The van der Waals surface area contributed by atoms with Crippen LogP contribution >= 0.6 is 0 Å². The van der Waals surface area contributed by atoms with Crippen LogP contribution in [0.3, 0.4) is 0 Å². The number of rotatable bonds is 2. The molecule has 80 valence electrons. The number of carbonyl (C=O) groups is 1. The molecule has 0 fully saturated rings. The predicted octanol–water partition coefficient (Wildman–Crippen LogP) is 1.26. The van der Waals surface area contributed by atoms with Crippen molar-refractivity contribution in [3.8, 4) is 0 Å². The van der Waals surface area contributed by atoms with E-state index in [1.807, 2.05) is 19.1 Å². The normalized spacial score (nSPS) is 18.6. The smallest absolute Gasteiger partial charge is 0.219 e. The van der Waals surface area contributed by atoms with Crippen molar-refractivity contribution in [1.82, 2.24) is 5.32 Å². The second kappa shape index (κ2) is 3.93. The minimum absolute atomic E-state index is 0.126. The van der Waals surface area contributed by atoms with Gasteiger partial charge in [-0.05, 0) is 36.1 Å². The summed E-state index contributed by atoms with van der Waals surface area (Å²) in [5.41, 5.74) is 9.10. The molecule has 0 saturated carbocycles. The van der Waals surface area contributed by atoms with E-state index < -0.39 is 0 Å². The van der Waals surface area contributed by atoms with E-state index in [-0.39, 0.29) is 11.9 Å². The maximum Gasteiger partial charge on any atom is 0.219 e. The van der Waals surface area contributed by atoms with Gasteiger partial charge in [-0.3, -0.25) is 4.79 Å². The Morgan fingerprint density at radius 2 is 2.20 bits per heavy atom. The number of anilines is 1. The number of benzene rings is 1. The Morgan fingerprint density at radius 3 is 2.93 bits per heavy atom. The molecule has 0 bridgehead atoms. The van der Waals surface area contributed by atoms with Crippen LogP contribution in [0.5, 0.6) is 0 Å². The first-order chi connectivity index (χ1) is 7.19. The fourth-order valence-electron chi connectivity index (χ4n) is 2.07. The maximum absolute atomic E-state index is 11.2. The van der Waals surface area contributed by atoms with Crippen LogP contribution in [0.25, 0.3) is 0 Å². The molecule has 1 unspecified atom stereocenters. The summed E-state index contributed by atoms with van der Waals surface area (Å²) < 4.78 is 0. The first-order valence-electron chi connectivity index (χ1n) is 5.35. The summed E-state index contributed by atoms with van der Waals surface area (Å²) in [4.78, 5) is 11.2. The van der Waals surface area contributed by atoms with Gasteiger partial charge in [0.15, 0.2) is 0 Å². The van der Waals surface area contributed by atoms with Crippen LogP contribution < -0.4 is 11.1 Å². The first-order valence-corrected chi connectivity index (χ1v) is 5.35. The number of nitrogens with two attached hydrogens (primary N) is 1. The van der Waals surface area contributed by atoms with Gasteiger partial charge in [0.25, 0.3) is 0 Å². The van der Waals surface area contributed by atoms with Crippen molar-refractivity contribution in [1.29, 1.82) is 0 Å². The number of fused-ring (bicyclic) bond motifs is 1. The standard InChI is InChI=1S/C12H16N2O/c1-2-12(15)14-11-6-8-3-4-10(13)5-9(8)7-11/h3-5,11H,2,6-7,13H2,1H3,(H,14,15). The zero-order chi connectivity index (χ0) is 10.8. The van der Waals surface area contributed by atoms with Crippen molar-refractivity contribution < 1.29 is 4.79 Å².